The molecule has 38 heavy (non-hydrogen) atoms. The molecule has 3 rings (SSSR count). The molecule has 0 aromatic heterocycles. The van der Waals surface area contributed by atoms with Crippen molar-refractivity contribution >= 4 is 50.9 Å². The third-order valence-corrected chi connectivity index (χ3v) is 9.01. The summed E-state index contributed by atoms with van der Waals surface area (Å²) in [5.41, 5.74) is 0.243. The van der Waals surface area contributed by atoms with Crippen LogP contribution in [-0.4, -0.2) is 62.2 Å². The Kier molecular flexibility index (Phi) is 10.4. The molecular formula is C26H33Cl2FN4O4S. The number of carbonyl (C=O) groups excluding carboxylic acids is 2. The molecular weight excluding hydrogens is 554 g/mol. The van der Waals surface area contributed by atoms with E-state index >= 15 is 0 Å². The van der Waals surface area contributed by atoms with Gasteiger partial charge in [-0.2, -0.15) is 12.7 Å². The number of halogens is 3. The molecule has 208 valence electrons. The summed E-state index contributed by atoms with van der Waals surface area (Å²) in [6, 6.07) is 9.13. The second-order valence-electron chi connectivity index (χ2n) is 9.53. The van der Waals surface area contributed by atoms with E-state index in [9.17, 15) is 22.4 Å². The molecule has 0 radical (unpaired) electrons. The zero-order chi connectivity index (χ0) is 28.0. The van der Waals surface area contributed by atoms with Crippen molar-refractivity contribution in [2.45, 2.75) is 57.7 Å². The molecule has 1 aliphatic rings. The van der Waals surface area contributed by atoms with E-state index in [1.807, 2.05) is 0 Å². The number of para-hydroxylation sites is 1. The second kappa shape index (κ2) is 13.1. The predicted molar refractivity (Wildman–Crippen MR) is 148 cm³/mol. The molecule has 1 fully saturated rings. The average Bonchev–Trinajstić information content (AvgIpc) is 2.87. The lowest BCUT2D eigenvalue weighted by molar-refractivity contribution is -0.139. The Balaban J connectivity index is 1.95. The Hall–Kier alpha value is -2.40. The van der Waals surface area contributed by atoms with E-state index in [0.29, 0.717) is 19.9 Å². The molecule has 0 bridgehead atoms. The van der Waals surface area contributed by atoms with Crippen molar-refractivity contribution in [2.24, 2.45) is 0 Å². The van der Waals surface area contributed by atoms with Crippen molar-refractivity contribution in [3.63, 3.8) is 0 Å². The van der Waals surface area contributed by atoms with Crippen LogP contribution >= 0.6 is 23.2 Å². The number of hydrogen-bond donors (Lipinski definition) is 1. The maximum atomic E-state index is 14.7. The molecule has 0 heterocycles. The van der Waals surface area contributed by atoms with Crippen LogP contribution in [0.15, 0.2) is 42.5 Å². The third-order valence-electron chi connectivity index (χ3n) is 6.61. The topological polar surface area (TPSA) is 90.0 Å². The van der Waals surface area contributed by atoms with E-state index < -0.39 is 34.5 Å². The van der Waals surface area contributed by atoms with Gasteiger partial charge in [0, 0.05) is 36.7 Å². The molecule has 1 aliphatic carbocycles. The van der Waals surface area contributed by atoms with Crippen molar-refractivity contribution < 1.29 is 22.4 Å². The average molecular weight is 588 g/mol. The van der Waals surface area contributed by atoms with E-state index in [2.05, 4.69) is 5.32 Å². The number of nitrogens with one attached hydrogen (secondary N) is 1. The molecule has 2 aromatic carbocycles. The fraction of sp³-hybridized carbons (Fsp3) is 0.462. The largest absolute Gasteiger partial charge is 0.352 e. The summed E-state index contributed by atoms with van der Waals surface area (Å²) in [6.45, 7) is 0.767. The van der Waals surface area contributed by atoms with Gasteiger partial charge in [-0.3, -0.25) is 9.59 Å². The molecule has 0 spiro atoms. The summed E-state index contributed by atoms with van der Waals surface area (Å²) in [4.78, 5) is 28.3. The lowest BCUT2D eigenvalue weighted by atomic mass is 9.95. The monoisotopic (exact) mass is 586 g/mol. The molecule has 1 saturated carbocycles. The Bertz CT molecular complexity index is 1260. The number of rotatable bonds is 10. The Morgan fingerprint density at radius 2 is 1.74 bits per heavy atom. The maximum Gasteiger partial charge on any atom is 0.304 e. The molecule has 1 atom stereocenters. The molecule has 0 saturated heterocycles. The zero-order valence-corrected chi connectivity index (χ0v) is 24.0. The molecule has 0 aliphatic heterocycles. The Labute approximate surface area is 233 Å². The van der Waals surface area contributed by atoms with E-state index in [0.717, 1.165) is 42.5 Å². The molecule has 2 aromatic rings. The van der Waals surface area contributed by atoms with Gasteiger partial charge in [-0.05, 0) is 49.6 Å². The van der Waals surface area contributed by atoms with Crippen LogP contribution in [0.5, 0.6) is 0 Å². The summed E-state index contributed by atoms with van der Waals surface area (Å²) in [5, 5.41) is 3.72. The number of anilines is 1. The molecule has 8 nitrogen and oxygen atoms in total. The van der Waals surface area contributed by atoms with E-state index in [1.165, 1.54) is 43.3 Å². The molecule has 2 amide bonds. The number of benzene rings is 2. The second-order valence-corrected chi connectivity index (χ2v) is 12.4. The number of carbonyl (C=O) groups is 2. The minimum absolute atomic E-state index is 0.0128. The summed E-state index contributed by atoms with van der Waals surface area (Å²) >= 11 is 12.4. The predicted octanol–water partition coefficient (Wildman–Crippen LogP) is 4.61. The van der Waals surface area contributed by atoms with E-state index in [-0.39, 0.29) is 24.2 Å². The zero-order valence-electron chi connectivity index (χ0n) is 21.7. The minimum atomic E-state index is -4.26. The van der Waals surface area contributed by atoms with Crippen LogP contribution in [0.4, 0.5) is 10.1 Å². The van der Waals surface area contributed by atoms with Crippen LogP contribution in [0.25, 0.3) is 0 Å². The van der Waals surface area contributed by atoms with Gasteiger partial charge in [-0.15, -0.1) is 0 Å². The third kappa shape index (κ3) is 7.37. The van der Waals surface area contributed by atoms with Crippen molar-refractivity contribution in [2.75, 3.05) is 24.9 Å². The number of amides is 2. The first kappa shape index (κ1) is 30.1. The van der Waals surface area contributed by atoms with Crippen LogP contribution in [0.1, 0.15) is 44.6 Å². The van der Waals surface area contributed by atoms with E-state index in [4.69, 9.17) is 23.2 Å². The fourth-order valence-electron chi connectivity index (χ4n) is 4.34. The maximum absolute atomic E-state index is 14.7. The SMILES string of the molecule is C[C@@H](C(=O)NC1CCCCC1)N(Cc1ccc(Cl)cc1Cl)C(=O)CN(c1ccccc1F)S(=O)(=O)N(C)C. The van der Waals surface area contributed by atoms with Gasteiger partial charge in [-0.25, -0.2) is 8.70 Å². The quantitative estimate of drug-likeness (QED) is 0.440. The standard InChI is InChI=1S/C26H33Cl2FN4O4S/c1-18(26(35)30-21-9-5-4-6-10-21)32(16-19-13-14-20(27)15-22(19)28)25(34)17-33(38(36,37)31(2)3)24-12-8-7-11-23(24)29/h7-8,11-15,18,21H,4-6,9-10,16-17H2,1-3H3,(H,30,35)/t18-/m0/s1. The van der Waals surface area contributed by atoms with Crippen molar-refractivity contribution in [3.05, 3.63) is 63.9 Å². The first-order valence-electron chi connectivity index (χ1n) is 12.4. The first-order chi connectivity index (χ1) is 17.9. The van der Waals surface area contributed by atoms with Gasteiger partial charge in [-0.1, -0.05) is 60.7 Å². The summed E-state index contributed by atoms with van der Waals surface area (Å²) in [5.74, 6) is -1.86. The van der Waals surface area contributed by atoms with Gasteiger partial charge in [0.15, 0.2) is 0 Å². The van der Waals surface area contributed by atoms with Crippen molar-refractivity contribution in [1.82, 2.24) is 14.5 Å². The van der Waals surface area contributed by atoms with Gasteiger partial charge in [0.1, 0.15) is 18.4 Å². The molecule has 0 unspecified atom stereocenters. The van der Waals surface area contributed by atoms with Crippen LogP contribution in [0, 0.1) is 5.82 Å². The van der Waals surface area contributed by atoms with Gasteiger partial charge in [0.2, 0.25) is 11.8 Å². The van der Waals surface area contributed by atoms with Crippen LogP contribution in [-0.2, 0) is 26.3 Å². The highest BCUT2D eigenvalue weighted by Crippen LogP contribution is 2.26. The van der Waals surface area contributed by atoms with Crippen molar-refractivity contribution in [3.8, 4) is 0 Å². The highest BCUT2D eigenvalue weighted by molar-refractivity contribution is 7.90. The molecule has 12 heteroatoms. The lowest BCUT2D eigenvalue weighted by Crippen LogP contribution is -2.53. The number of hydrogen-bond acceptors (Lipinski definition) is 4. The van der Waals surface area contributed by atoms with Crippen LogP contribution in [0.2, 0.25) is 10.0 Å². The highest BCUT2D eigenvalue weighted by Gasteiger charge is 2.34. The van der Waals surface area contributed by atoms with Gasteiger partial charge in [0.25, 0.3) is 0 Å². The fourth-order valence-corrected chi connectivity index (χ4v) is 5.87. The van der Waals surface area contributed by atoms with Gasteiger partial charge < -0.3 is 10.2 Å². The van der Waals surface area contributed by atoms with Gasteiger partial charge in [0.05, 0.1) is 5.69 Å². The smallest absolute Gasteiger partial charge is 0.304 e. The van der Waals surface area contributed by atoms with E-state index in [1.54, 1.807) is 19.1 Å². The number of nitrogens with zero attached hydrogens (tertiary/aromatic N) is 3. The van der Waals surface area contributed by atoms with Gasteiger partial charge >= 0.3 is 10.2 Å². The van der Waals surface area contributed by atoms with Crippen LogP contribution in [0.3, 0.4) is 0 Å². The summed E-state index contributed by atoms with van der Waals surface area (Å²) < 4.78 is 42.6. The normalized spacial score (nSPS) is 15.2. The first-order valence-corrected chi connectivity index (χ1v) is 14.6. The summed E-state index contributed by atoms with van der Waals surface area (Å²) in [7, 11) is -1.68. The lowest BCUT2D eigenvalue weighted by Gasteiger charge is -2.34. The minimum Gasteiger partial charge on any atom is -0.352 e. The Morgan fingerprint density at radius 1 is 1.08 bits per heavy atom. The highest BCUT2D eigenvalue weighted by atomic mass is 35.5. The molecule has 1 N–H and O–H groups in total. The summed E-state index contributed by atoms with van der Waals surface area (Å²) in [6.07, 6.45) is 4.87. The van der Waals surface area contributed by atoms with Crippen LogP contribution < -0.4 is 9.62 Å². The van der Waals surface area contributed by atoms with Crippen molar-refractivity contribution in [1.29, 1.82) is 0 Å². The Morgan fingerprint density at radius 3 is 2.34 bits per heavy atom.